The summed E-state index contributed by atoms with van der Waals surface area (Å²) >= 11 is 15.4. The van der Waals surface area contributed by atoms with E-state index in [0.29, 0.717) is 22.2 Å². The fourth-order valence-corrected chi connectivity index (χ4v) is 2.48. The van der Waals surface area contributed by atoms with E-state index in [2.05, 4.69) is 21.2 Å². The predicted octanol–water partition coefficient (Wildman–Crippen LogP) is 5.24. The second-order valence-electron chi connectivity index (χ2n) is 3.90. The zero-order valence-electron chi connectivity index (χ0n) is 9.75. The van der Waals surface area contributed by atoms with Crippen LogP contribution < -0.4 is 5.32 Å². The maximum Gasteiger partial charge on any atom is 0.101 e. The molecular formula is C14H9BrCl2N2. The minimum Gasteiger partial charge on any atom is -0.381 e. The third-order valence-electron chi connectivity index (χ3n) is 2.58. The summed E-state index contributed by atoms with van der Waals surface area (Å²) in [4.78, 5) is 0. The maximum absolute atomic E-state index is 8.91. The van der Waals surface area contributed by atoms with Crippen molar-refractivity contribution in [3.8, 4) is 6.07 Å². The smallest absolute Gasteiger partial charge is 0.101 e. The molecule has 0 saturated carbocycles. The molecule has 2 nitrogen and oxygen atoms in total. The van der Waals surface area contributed by atoms with E-state index >= 15 is 0 Å². The molecule has 0 aromatic heterocycles. The summed E-state index contributed by atoms with van der Waals surface area (Å²) < 4.78 is 0.944. The molecule has 0 amide bonds. The van der Waals surface area contributed by atoms with Gasteiger partial charge in [0.15, 0.2) is 0 Å². The molecule has 0 bridgehead atoms. The Morgan fingerprint density at radius 2 is 1.89 bits per heavy atom. The average Bonchev–Trinajstić information content (AvgIpc) is 2.39. The first-order valence-corrected chi connectivity index (χ1v) is 7.02. The number of benzene rings is 2. The second-order valence-corrected chi connectivity index (χ2v) is 5.63. The molecule has 5 heteroatoms. The normalized spacial score (nSPS) is 10.0. The van der Waals surface area contributed by atoms with Crippen LogP contribution in [0.2, 0.25) is 10.0 Å². The number of halogens is 3. The van der Waals surface area contributed by atoms with Crippen LogP contribution in [0, 0.1) is 11.3 Å². The summed E-state index contributed by atoms with van der Waals surface area (Å²) in [6.07, 6.45) is 0. The van der Waals surface area contributed by atoms with Crippen molar-refractivity contribution < 1.29 is 0 Å². The van der Waals surface area contributed by atoms with Crippen LogP contribution in [0.25, 0.3) is 0 Å². The molecule has 0 fully saturated rings. The van der Waals surface area contributed by atoms with Gasteiger partial charge in [-0.05, 0) is 35.9 Å². The fourth-order valence-electron chi connectivity index (χ4n) is 1.58. The molecule has 96 valence electrons. The summed E-state index contributed by atoms with van der Waals surface area (Å²) in [7, 11) is 0. The lowest BCUT2D eigenvalue weighted by atomic mass is 10.2. The average molecular weight is 356 g/mol. The summed E-state index contributed by atoms with van der Waals surface area (Å²) in [5.74, 6) is 0. The van der Waals surface area contributed by atoms with Gasteiger partial charge in [0.25, 0.3) is 0 Å². The maximum atomic E-state index is 8.91. The van der Waals surface area contributed by atoms with Gasteiger partial charge in [-0.3, -0.25) is 0 Å². The van der Waals surface area contributed by atoms with Crippen molar-refractivity contribution in [1.29, 1.82) is 5.26 Å². The highest BCUT2D eigenvalue weighted by Gasteiger charge is 2.03. The Hall–Kier alpha value is -1.21. The number of nitrogens with one attached hydrogen (secondary N) is 1. The number of nitriles is 1. The lowest BCUT2D eigenvalue weighted by molar-refractivity contribution is 1.15. The second kappa shape index (κ2) is 6.29. The van der Waals surface area contributed by atoms with Crippen molar-refractivity contribution in [2.45, 2.75) is 6.54 Å². The molecule has 1 N–H and O–H groups in total. The van der Waals surface area contributed by atoms with Crippen LogP contribution in [-0.2, 0) is 6.54 Å². The Kier molecular flexibility index (Phi) is 4.71. The van der Waals surface area contributed by atoms with E-state index in [-0.39, 0.29) is 0 Å². The monoisotopic (exact) mass is 354 g/mol. The van der Waals surface area contributed by atoms with Crippen LogP contribution in [0.1, 0.15) is 11.1 Å². The summed E-state index contributed by atoms with van der Waals surface area (Å²) in [6.45, 7) is 0.582. The Morgan fingerprint density at radius 1 is 1.11 bits per heavy atom. The van der Waals surface area contributed by atoms with Crippen LogP contribution in [0.5, 0.6) is 0 Å². The van der Waals surface area contributed by atoms with Crippen LogP contribution >= 0.6 is 39.1 Å². The quantitative estimate of drug-likeness (QED) is 0.817. The third kappa shape index (κ3) is 3.63. The minimum atomic E-state index is 0.452. The fraction of sp³-hybridized carbons (Fsp3) is 0.0714. The van der Waals surface area contributed by atoms with E-state index in [0.717, 1.165) is 15.7 Å². The topological polar surface area (TPSA) is 35.8 Å². The number of hydrogen-bond acceptors (Lipinski definition) is 2. The molecule has 0 aliphatic heterocycles. The van der Waals surface area contributed by atoms with Gasteiger partial charge >= 0.3 is 0 Å². The lowest BCUT2D eigenvalue weighted by Crippen LogP contribution is -2.00. The molecular weight excluding hydrogens is 347 g/mol. The highest BCUT2D eigenvalue weighted by Crippen LogP contribution is 2.24. The van der Waals surface area contributed by atoms with Gasteiger partial charge < -0.3 is 5.32 Å². The largest absolute Gasteiger partial charge is 0.381 e. The zero-order valence-corrected chi connectivity index (χ0v) is 12.9. The SMILES string of the molecule is N#Cc1cc(NCc2ccc(Br)cc2Cl)ccc1Cl. The zero-order chi connectivity index (χ0) is 13.8. The Bertz CT molecular complexity index is 650. The number of nitrogens with zero attached hydrogens (tertiary/aromatic N) is 1. The predicted molar refractivity (Wildman–Crippen MR) is 82.6 cm³/mol. The first-order chi connectivity index (χ1) is 9.10. The van der Waals surface area contributed by atoms with Gasteiger partial charge in [0.2, 0.25) is 0 Å². The van der Waals surface area contributed by atoms with Gasteiger partial charge in [0.05, 0.1) is 10.6 Å². The molecule has 2 rings (SSSR count). The Balaban J connectivity index is 2.13. The standard InChI is InChI=1S/C14H9BrCl2N2/c15-11-2-1-9(14(17)6-11)8-19-12-3-4-13(16)10(5-12)7-18/h1-6,19H,8H2. The molecule has 0 heterocycles. The molecule has 0 atom stereocenters. The van der Waals surface area contributed by atoms with Gasteiger partial charge in [-0.15, -0.1) is 0 Å². The van der Waals surface area contributed by atoms with Crippen molar-refractivity contribution in [3.05, 3.63) is 62.0 Å². The highest BCUT2D eigenvalue weighted by molar-refractivity contribution is 9.10. The van der Waals surface area contributed by atoms with Crippen LogP contribution in [0.15, 0.2) is 40.9 Å². The van der Waals surface area contributed by atoms with Crippen molar-refractivity contribution in [2.24, 2.45) is 0 Å². The van der Waals surface area contributed by atoms with Crippen LogP contribution in [0.4, 0.5) is 5.69 Å². The molecule has 0 saturated heterocycles. The molecule has 0 unspecified atom stereocenters. The van der Waals surface area contributed by atoms with Crippen molar-refractivity contribution in [3.63, 3.8) is 0 Å². The van der Waals surface area contributed by atoms with Crippen molar-refractivity contribution in [2.75, 3.05) is 5.32 Å². The highest BCUT2D eigenvalue weighted by atomic mass is 79.9. The molecule has 0 radical (unpaired) electrons. The van der Waals surface area contributed by atoms with Crippen LogP contribution in [0.3, 0.4) is 0 Å². The van der Waals surface area contributed by atoms with Gasteiger partial charge in [0, 0.05) is 21.7 Å². The molecule has 0 aliphatic carbocycles. The summed E-state index contributed by atoms with van der Waals surface area (Å²) in [6, 6.07) is 13.0. The first kappa shape index (κ1) is 14.2. The molecule has 2 aromatic carbocycles. The van der Waals surface area contributed by atoms with Gasteiger partial charge in [-0.1, -0.05) is 45.2 Å². The number of anilines is 1. The van der Waals surface area contributed by atoms with E-state index in [4.69, 9.17) is 28.5 Å². The summed E-state index contributed by atoms with van der Waals surface area (Å²) in [5, 5.41) is 13.3. The molecule has 2 aromatic rings. The number of rotatable bonds is 3. The lowest BCUT2D eigenvalue weighted by Gasteiger charge is -2.09. The van der Waals surface area contributed by atoms with E-state index in [1.165, 1.54) is 0 Å². The van der Waals surface area contributed by atoms with Crippen LogP contribution in [-0.4, -0.2) is 0 Å². The molecule has 0 aliphatic rings. The number of hydrogen-bond donors (Lipinski definition) is 1. The molecule has 19 heavy (non-hydrogen) atoms. The van der Waals surface area contributed by atoms with E-state index < -0.39 is 0 Å². The van der Waals surface area contributed by atoms with Gasteiger partial charge in [-0.2, -0.15) is 5.26 Å². The first-order valence-electron chi connectivity index (χ1n) is 5.47. The summed E-state index contributed by atoms with van der Waals surface area (Å²) in [5.41, 5.74) is 2.27. The Labute approximate surface area is 130 Å². The van der Waals surface area contributed by atoms with E-state index in [1.54, 1.807) is 12.1 Å². The minimum absolute atomic E-state index is 0.452. The van der Waals surface area contributed by atoms with Crippen molar-refractivity contribution >= 4 is 44.8 Å². The van der Waals surface area contributed by atoms with E-state index in [9.17, 15) is 0 Å². The van der Waals surface area contributed by atoms with Gasteiger partial charge in [0.1, 0.15) is 6.07 Å². The van der Waals surface area contributed by atoms with Gasteiger partial charge in [-0.25, -0.2) is 0 Å². The van der Waals surface area contributed by atoms with Crippen molar-refractivity contribution in [1.82, 2.24) is 0 Å². The Morgan fingerprint density at radius 3 is 2.58 bits per heavy atom. The van der Waals surface area contributed by atoms with E-state index in [1.807, 2.05) is 30.3 Å². The molecule has 0 spiro atoms. The third-order valence-corrected chi connectivity index (χ3v) is 3.76.